The molecule has 0 amide bonds. The maximum absolute atomic E-state index is 12.0. The molecule has 3 nitrogen and oxygen atoms in total. The average Bonchev–Trinajstić information content (AvgIpc) is 2.82. The van der Waals surface area contributed by atoms with Crippen molar-refractivity contribution in [2.75, 3.05) is 0 Å². The molecule has 2 rings (SSSR count). The SMILES string of the molecule is CCC1CCC(C(=O)c2ncc[nH]2)CC1. The number of nitrogens with one attached hydrogen (secondary N) is 1. The fraction of sp³-hybridized carbons (Fsp3) is 0.667. The van der Waals surface area contributed by atoms with Crippen molar-refractivity contribution in [3.8, 4) is 0 Å². The van der Waals surface area contributed by atoms with Crippen molar-refractivity contribution in [3.05, 3.63) is 18.2 Å². The molecule has 1 aliphatic carbocycles. The first-order valence-corrected chi connectivity index (χ1v) is 5.84. The summed E-state index contributed by atoms with van der Waals surface area (Å²) in [4.78, 5) is 18.9. The van der Waals surface area contributed by atoms with Crippen LogP contribution in [0, 0.1) is 11.8 Å². The second-order valence-corrected chi connectivity index (χ2v) is 4.43. The molecule has 0 radical (unpaired) electrons. The van der Waals surface area contributed by atoms with Crippen LogP contribution >= 0.6 is 0 Å². The fourth-order valence-corrected chi connectivity index (χ4v) is 2.43. The monoisotopic (exact) mass is 206 g/mol. The molecule has 0 unspecified atom stereocenters. The van der Waals surface area contributed by atoms with Gasteiger partial charge in [0.05, 0.1) is 0 Å². The van der Waals surface area contributed by atoms with Crippen molar-refractivity contribution in [3.63, 3.8) is 0 Å². The van der Waals surface area contributed by atoms with Crippen molar-refractivity contribution in [2.45, 2.75) is 39.0 Å². The standard InChI is InChI=1S/C12H18N2O/c1-2-9-3-5-10(6-4-9)11(15)12-13-7-8-14-12/h7-10H,2-6H2,1H3,(H,13,14). The molecule has 0 aromatic carbocycles. The summed E-state index contributed by atoms with van der Waals surface area (Å²) < 4.78 is 0. The van der Waals surface area contributed by atoms with E-state index < -0.39 is 0 Å². The number of H-pyrrole nitrogens is 1. The molecule has 1 aliphatic rings. The lowest BCUT2D eigenvalue weighted by atomic mass is 9.79. The average molecular weight is 206 g/mol. The quantitative estimate of drug-likeness (QED) is 0.773. The number of ketones is 1. The summed E-state index contributed by atoms with van der Waals surface area (Å²) in [6, 6.07) is 0. The largest absolute Gasteiger partial charge is 0.342 e. The predicted octanol–water partition coefficient (Wildman–Crippen LogP) is 2.81. The Labute approximate surface area is 90.3 Å². The Balaban J connectivity index is 1.93. The molecule has 0 spiro atoms. The van der Waals surface area contributed by atoms with E-state index in [-0.39, 0.29) is 11.7 Å². The van der Waals surface area contributed by atoms with Gasteiger partial charge in [-0.3, -0.25) is 4.79 Å². The Morgan fingerprint density at radius 3 is 2.73 bits per heavy atom. The molecule has 1 fully saturated rings. The maximum atomic E-state index is 12.0. The van der Waals surface area contributed by atoms with Gasteiger partial charge >= 0.3 is 0 Å². The summed E-state index contributed by atoms with van der Waals surface area (Å²) in [5, 5.41) is 0. The van der Waals surface area contributed by atoms with Crippen molar-refractivity contribution < 1.29 is 4.79 Å². The Hall–Kier alpha value is -1.12. The van der Waals surface area contributed by atoms with Crippen LogP contribution in [0.2, 0.25) is 0 Å². The van der Waals surface area contributed by atoms with Crippen LogP contribution in [0.15, 0.2) is 12.4 Å². The van der Waals surface area contributed by atoms with Gasteiger partial charge in [0, 0.05) is 18.3 Å². The van der Waals surface area contributed by atoms with Gasteiger partial charge in [0.15, 0.2) is 5.82 Å². The van der Waals surface area contributed by atoms with E-state index in [9.17, 15) is 4.79 Å². The smallest absolute Gasteiger partial charge is 0.201 e. The molecule has 0 atom stereocenters. The molecule has 0 saturated heterocycles. The van der Waals surface area contributed by atoms with E-state index in [1.807, 2.05) is 0 Å². The molecule has 1 aromatic rings. The number of aromatic amines is 1. The summed E-state index contributed by atoms with van der Waals surface area (Å²) in [6.07, 6.45) is 9.09. The lowest BCUT2D eigenvalue weighted by Crippen LogP contribution is -2.22. The molecule has 1 aromatic heterocycles. The lowest BCUT2D eigenvalue weighted by molar-refractivity contribution is 0.0861. The van der Waals surface area contributed by atoms with E-state index in [0.717, 1.165) is 18.8 Å². The third kappa shape index (κ3) is 2.28. The van der Waals surface area contributed by atoms with Gasteiger partial charge in [0.2, 0.25) is 5.78 Å². The predicted molar refractivity (Wildman–Crippen MR) is 58.7 cm³/mol. The van der Waals surface area contributed by atoms with E-state index in [4.69, 9.17) is 0 Å². The Morgan fingerprint density at radius 1 is 1.47 bits per heavy atom. The van der Waals surface area contributed by atoms with Crippen LogP contribution < -0.4 is 0 Å². The van der Waals surface area contributed by atoms with Crippen LogP contribution in [0.1, 0.15) is 49.6 Å². The Kier molecular flexibility index (Phi) is 3.19. The zero-order valence-corrected chi connectivity index (χ0v) is 9.20. The molecule has 1 N–H and O–H groups in total. The number of rotatable bonds is 3. The highest BCUT2D eigenvalue weighted by atomic mass is 16.1. The minimum absolute atomic E-state index is 0.203. The van der Waals surface area contributed by atoms with Gasteiger partial charge in [-0.1, -0.05) is 13.3 Å². The van der Waals surface area contributed by atoms with Crippen LogP contribution in [0.4, 0.5) is 0 Å². The molecule has 1 saturated carbocycles. The van der Waals surface area contributed by atoms with Crippen molar-refractivity contribution in [1.82, 2.24) is 9.97 Å². The summed E-state index contributed by atoms with van der Waals surface area (Å²) >= 11 is 0. The molecule has 15 heavy (non-hydrogen) atoms. The number of hydrogen-bond acceptors (Lipinski definition) is 2. The van der Waals surface area contributed by atoms with Crippen molar-refractivity contribution >= 4 is 5.78 Å². The minimum Gasteiger partial charge on any atom is -0.342 e. The first-order chi connectivity index (χ1) is 7.31. The van der Waals surface area contributed by atoms with Crippen molar-refractivity contribution in [2.24, 2.45) is 11.8 Å². The van der Waals surface area contributed by atoms with Crippen LogP contribution in [0.5, 0.6) is 0 Å². The molecular formula is C12H18N2O. The number of Topliss-reactive ketones (excluding diaryl/α,β-unsaturated/α-hetero) is 1. The van der Waals surface area contributed by atoms with E-state index in [1.165, 1.54) is 19.3 Å². The third-order valence-corrected chi connectivity index (χ3v) is 3.53. The first-order valence-electron chi connectivity index (χ1n) is 5.84. The lowest BCUT2D eigenvalue weighted by Gasteiger charge is -2.26. The zero-order chi connectivity index (χ0) is 10.7. The minimum atomic E-state index is 0.203. The van der Waals surface area contributed by atoms with E-state index in [0.29, 0.717) is 5.82 Å². The van der Waals surface area contributed by atoms with Gasteiger partial charge in [0.1, 0.15) is 0 Å². The second kappa shape index (κ2) is 4.60. The van der Waals surface area contributed by atoms with Crippen LogP contribution in [0.25, 0.3) is 0 Å². The van der Waals surface area contributed by atoms with Gasteiger partial charge in [-0.2, -0.15) is 0 Å². The van der Waals surface area contributed by atoms with Crippen LogP contribution in [-0.2, 0) is 0 Å². The van der Waals surface area contributed by atoms with Gasteiger partial charge < -0.3 is 4.98 Å². The van der Waals surface area contributed by atoms with Crippen molar-refractivity contribution in [1.29, 1.82) is 0 Å². The molecular weight excluding hydrogens is 188 g/mol. The molecule has 1 heterocycles. The number of imidazole rings is 1. The molecule has 3 heteroatoms. The normalized spacial score (nSPS) is 26.5. The molecule has 0 aliphatic heterocycles. The van der Waals surface area contributed by atoms with Gasteiger partial charge in [-0.15, -0.1) is 0 Å². The topological polar surface area (TPSA) is 45.8 Å². The van der Waals surface area contributed by atoms with E-state index in [1.54, 1.807) is 12.4 Å². The number of hydrogen-bond donors (Lipinski definition) is 1. The zero-order valence-electron chi connectivity index (χ0n) is 9.20. The fourth-order valence-electron chi connectivity index (χ4n) is 2.43. The van der Waals surface area contributed by atoms with Crippen LogP contribution in [-0.4, -0.2) is 15.8 Å². The number of nitrogens with zero attached hydrogens (tertiary/aromatic N) is 1. The Bertz CT molecular complexity index is 310. The summed E-state index contributed by atoms with van der Waals surface area (Å²) in [5.74, 6) is 1.79. The summed E-state index contributed by atoms with van der Waals surface area (Å²) in [6.45, 7) is 2.24. The van der Waals surface area contributed by atoms with Gasteiger partial charge in [-0.05, 0) is 31.6 Å². The van der Waals surface area contributed by atoms with Gasteiger partial charge in [0.25, 0.3) is 0 Å². The molecule has 82 valence electrons. The number of carbonyl (C=O) groups is 1. The molecule has 0 bridgehead atoms. The summed E-state index contributed by atoms with van der Waals surface area (Å²) in [5.41, 5.74) is 0. The highest BCUT2D eigenvalue weighted by Gasteiger charge is 2.27. The highest BCUT2D eigenvalue weighted by molar-refractivity contribution is 5.94. The Morgan fingerprint density at radius 2 is 2.20 bits per heavy atom. The number of aromatic nitrogens is 2. The number of carbonyl (C=O) groups excluding carboxylic acids is 1. The third-order valence-electron chi connectivity index (χ3n) is 3.53. The summed E-state index contributed by atoms with van der Waals surface area (Å²) in [7, 11) is 0. The first kappa shape index (κ1) is 10.4. The highest BCUT2D eigenvalue weighted by Crippen LogP contribution is 2.31. The van der Waals surface area contributed by atoms with E-state index in [2.05, 4.69) is 16.9 Å². The second-order valence-electron chi connectivity index (χ2n) is 4.43. The van der Waals surface area contributed by atoms with E-state index >= 15 is 0 Å². The maximum Gasteiger partial charge on any atom is 0.201 e. The van der Waals surface area contributed by atoms with Crippen LogP contribution in [0.3, 0.4) is 0 Å². The van der Waals surface area contributed by atoms with Gasteiger partial charge in [-0.25, -0.2) is 4.98 Å².